The summed E-state index contributed by atoms with van der Waals surface area (Å²) in [6.07, 6.45) is 0. The highest BCUT2D eigenvalue weighted by molar-refractivity contribution is 7.10. The maximum atomic E-state index is 11.8. The third-order valence-electron chi connectivity index (χ3n) is 4.22. The summed E-state index contributed by atoms with van der Waals surface area (Å²) in [5.41, 5.74) is 4.03. The molecule has 3 rings (SSSR count). The number of nitrogens with zero attached hydrogens (tertiary/aromatic N) is 2. The Bertz CT molecular complexity index is 919. The van der Waals surface area contributed by atoms with E-state index in [0.29, 0.717) is 0 Å². The lowest BCUT2D eigenvalue weighted by atomic mass is 10.1. The van der Waals surface area contributed by atoms with Crippen molar-refractivity contribution in [2.24, 2.45) is 0 Å². The molecule has 0 saturated carbocycles. The van der Waals surface area contributed by atoms with E-state index in [1.807, 2.05) is 43.7 Å². The van der Waals surface area contributed by atoms with Gasteiger partial charge in [-0.2, -0.15) is 0 Å². The minimum atomic E-state index is -0.308. The molecule has 0 spiro atoms. The molecule has 5 nitrogen and oxygen atoms in total. The van der Waals surface area contributed by atoms with Crippen LogP contribution in [-0.2, 0) is 4.79 Å². The van der Waals surface area contributed by atoms with Crippen LogP contribution in [0.2, 0.25) is 0 Å². The Balaban J connectivity index is 1.93. The second-order valence-electron chi connectivity index (χ2n) is 6.42. The predicted octanol–water partition coefficient (Wildman–Crippen LogP) is 4.11. The van der Waals surface area contributed by atoms with Gasteiger partial charge in [0.2, 0.25) is 5.91 Å². The van der Waals surface area contributed by atoms with Gasteiger partial charge in [-0.15, -0.1) is 11.3 Å². The summed E-state index contributed by atoms with van der Waals surface area (Å²) >= 11 is 1.54. The summed E-state index contributed by atoms with van der Waals surface area (Å²) in [6.45, 7) is 1.52. The van der Waals surface area contributed by atoms with Gasteiger partial charge >= 0.3 is 0 Å². The van der Waals surface area contributed by atoms with Crippen molar-refractivity contribution in [3.63, 3.8) is 0 Å². The first-order valence-electron chi connectivity index (χ1n) is 8.62. The average molecular weight is 382 g/mol. The number of hydrogen-bond donors (Lipinski definition) is 1. The molecule has 0 aliphatic rings. The van der Waals surface area contributed by atoms with E-state index < -0.39 is 0 Å². The molecule has 1 unspecified atom stereocenters. The molecule has 6 heteroatoms. The molecule has 0 fully saturated rings. The standard InChI is InChI=1S/C21H23N3O2S/c1-14(25)22-20(16-6-5-7-18(12-16)26-4)21-23-19(13-27-21)15-8-10-17(11-9-15)24(2)3/h5-13,20H,1-4H3,(H,22,25). The molecule has 140 valence electrons. The average Bonchev–Trinajstić information content (AvgIpc) is 3.16. The minimum Gasteiger partial charge on any atom is -0.497 e. The normalized spacial score (nSPS) is 11.7. The molecular weight excluding hydrogens is 358 g/mol. The highest BCUT2D eigenvalue weighted by Crippen LogP contribution is 2.31. The summed E-state index contributed by atoms with van der Waals surface area (Å²) in [6, 6.07) is 15.6. The van der Waals surface area contributed by atoms with Crippen molar-refractivity contribution in [1.29, 1.82) is 0 Å². The molecule has 27 heavy (non-hydrogen) atoms. The molecule has 0 radical (unpaired) electrons. The highest BCUT2D eigenvalue weighted by Gasteiger charge is 2.20. The van der Waals surface area contributed by atoms with Crippen LogP contribution in [0.1, 0.15) is 23.5 Å². The van der Waals surface area contributed by atoms with Gasteiger partial charge in [0.1, 0.15) is 16.8 Å². The van der Waals surface area contributed by atoms with Crippen molar-refractivity contribution in [3.8, 4) is 17.0 Å². The lowest BCUT2D eigenvalue weighted by Gasteiger charge is -2.16. The van der Waals surface area contributed by atoms with E-state index in [-0.39, 0.29) is 11.9 Å². The van der Waals surface area contributed by atoms with E-state index in [2.05, 4.69) is 34.5 Å². The summed E-state index contributed by atoms with van der Waals surface area (Å²) in [4.78, 5) is 18.6. The first-order valence-corrected chi connectivity index (χ1v) is 9.50. The van der Waals surface area contributed by atoms with Gasteiger partial charge in [-0.1, -0.05) is 24.3 Å². The Morgan fingerprint density at radius 1 is 1.19 bits per heavy atom. The minimum absolute atomic E-state index is 0.102. The summed E-state index contributed by atoms with van der Waals surface area (Å²) in [5, 5.41) is 5.86. The molecule has 0 saturated heterocycles. The Labute approximate surface area is 163 Å². The number of hydrogen-bond acceptors (Lipinski definition) is 5. The van der Waals surface area contributed by atoms with E-state index in [9.17, 15) is 4.79 Å². The number of ether oxygens (including phenoxy) is 1. The van der Waals surface area contributed by atoms with Gasteiger partial charge in [0.05, 0.1) is 12.8 Å². The second-order valence-corrected chi connectivity index (χ2v) is 7.31. The van der Waals surface area contributed by atoms with Gasteiger partial charge in [0.15, 0.2) is 0 Å². The van der Waals surface area contributed by atoms with Crippen molar-refractivity contribution >= 4 is 22.9 Å². The Morgan fingerprint density at radius 3 is 2.56 bits per heavy atom. The molecule has 1 atom stereocenters. The molecule has 1 aromatic heterocycles. The number of amides is 1. The van der Waals surface area contributed by atoms with Gasteiger partial charge in [0.25, 0.3) is 0 Å². The van der Waals surface area contributed by atoms with Crippen LogP contribution in [-0.4, -0.2) is 32.1 Å². The van der Waals surface area contributed by atoms with Crippen LogP contribution < -0.4 is 15.0 Å². The molecule has 2 aromatic carbocycles. The molecule has 1 amide bonds. The maximum Gasteiger partial charge on any atom is 0.217 e. The van der Waals surface area contributed by atoms with E-state index in [1.54, 1.807) is 7.11 Å². The highest BCUT2D eigenvalue weighted by atomic mass is 32.1. The van der Waals surface area contributed by atoms with Crippen LogP contribution in [0.5, 0.6) is 5.75 Å². The molecular formula is C21H23N3O2S. The fraction of sp³-hybridized carbons (Fsp3) is 0.238. The summed E-state index contributed by atoms with van der Waals surface area (Å²) in [5.74, 6) is 0.647. The molecule has 1 heterocycles. The van der Waals surface area contributed by atoms with Gasteiger partial charge in [-0.05, 0) is 29.8 Å². The number of nitrogens with one attached hydrogen (secondary N) is 1. The van der Waals surface area contributed by atoms with Gasteiger partial charge < -0.3 is 15.0 Å². The van der Waals surface area contributed by atoms with Crippen molar-refractivity contribution in [3.05, 3.63) is 64.5 Å². The summed E-state index contributed by atoms with van der Waals surface area (Å²) in [7, 11) is 5.66. The second kappa shape index (κ2) is 8.22. The monoisotopic (exact) mass is 381 g/mol. The number of methoxy groups -OCH3 is 1. The van der Waals surface area contributed by atoms with Gasteiger partial charge in [-0.25, -0.2) is 4.98 Å². The zero-order valence-corrected chi connectivity index (χ0v) is 16.7. The topological polar surface area (TPSA) is 54.5 Å². The van der Waals surface area contributed by atoms with Crippen LogP contribution in [0, 0.1) is 0 Å². The maximum absolute atomic E-state index is 11.8. The van der Waals surface area contributed by atoms with Crippen LogP contribution in [0.15, 0.2) is 53.9 Å². The number of aromatic nitrogens is 1. The van der Waals surface area contributed by atoms with E-state index >= 15 is 0 Å². The van der Waals surface area contributed by atoms with Crippen molar-refractivity contribution < 1.29 is 9.53 Å². The molecule has 0 aliphatic carbocycles. The zero-order valence-electron chi connectivity index (χ0n) is 15.9. The Hall–Kier alpha value is -2.86. The lowest BCUT2D eigenvalue weighted by Crippen LogP contribution is -2.26. The zero-order chi connectivity index (χ0) is 19.4. The first kappa shape index (κ1) is 18.9. The molecule has 1 N–H and O–H groups in total. The number of carbonyl (C=O) groups excluding carboxylic acids is 1. The quantitative estimate of drug-likeness (QED) is 0.698. The summed E-state index contributed by atoms with van der Waals surface area (Å²) < 4.78 is 5.32. The van der Waals surface area contributed by atoms with Crippen molar-refractivity contribution in [1.82, 2.24) is 10.3 Å². The third-order valence-corrected chi connectivity index (χ3v) is 5.13. The fourth-order valence-corrected chi connectivity index (χ4v) is 3.70. The molecule has 0 aliphatic heterocycles. The number of anilines is 1. The Morgan fingerprint density at radius 2 is 1.93 bits per heavy atom. The lowest BCUT2D eigenvalue weighted by molar-refractivity contribution is -0.119. The van der Waals surface area contributed by atoms with E-state index in [1.165, 1.54) is 18.3 Å². The molecule has 3 aromatic rings. The van der Waals surface area contributed by atoms with Crippen molar-refractivity contribution in [2.45, 2.75) is 13.0 Å². The Kier molecular flexibility index (Phi) is 5.76. The van der Waals surface area contributed by atoms with Crippen molar-refractivity contribution in [2.75, 3.05) is 26.1 Å². The number of benzene rings is 2. The number of carbonyl (C=O) groups is 1. The van der Waals surface area contributed by atoms with Crippen LogP contribution >= 0.6 is 11.3 Å². The number of rotatable bonds is 6. The van der Waals surface area contributed by atoms with Crippen LogP contribution in [0.25, 0.3) is 11.3 Å². The third kappa shape index (κ3) is 4.46. The fourth-order valence-electron chi connectivity index (χ4n) is 2.80. The first-order chi connectivity index (χ1) is 13.0. The van der Waals surface area contributed by atoms with E-state index in [4.69, 9.17) is 9.72 Å². The largest absolute Gasteiger partial charge is 0.497 e. The SMILES string of the molecule is COc1cccc(C(NC(C)=O)c2nc(-c3ccc(N(C)C)cc3)cs2)c1. The van der Waals surface area contributed by atoms with Gasteiger partial charge in [0, 0.05) is 37.6 Å². The molecule has 0 bridgehead atoms. The van der Waals surface area contributed by atoms with E-state index in [0.717, 1.165) is 33.3 Å². The predicted molar refractivity (Wildman–Crippen MR) is 111 cm³/mol. The van der Waals surface area contributed by atoms with Gasteiger partial charge in [-0.3, -0.25) is 4.79 Å². The van der Waals surface area contributed by atoms with Crippen LogP contribution in [0.3, 0.4) is 0 Å². The number of thiazole rings is 1. The smallest absolute Gasteiger partial charge is 0.217 e. The van der Waals surface area contributed by atoms with Crippen LogP contribution in [0.4, 0.5) is 5.69 Å².